The molecule has 1 aromatic rings. The van der Waals surface area contributed by atoms with Gasteiger partial charge in [0.2, 0.25) is 0 Å². The van der Waals surface area contributed by atoms with Crippen molar-refractivity contribution in [2.45, 2.75) is 19.9 Å². The third-order valence-corrected chi connectivity index (χ3v) is 2.56. The van der Waals surface area contributed by atoms with E-state index in [-0.39, 0.29) is 11.9 Å². The average Bonchev–Trinajstić information content (AvgIpc) is 2.15. The van der Waals surface area contributed by atoms with Gasteiger partial charge in [-0.15, -0.1) is 0 Å². The summed E-state index contributed by atoms with van der Waals surface area (Å²) in [6.07, 6.45) is 0. The molecular formula is C11H14N2O2. The fourth-order valence-electron chi connectivity index (χ4n) is 1.34. The molecule has 0 spiro atoms. The molecular weight excluding hydrogens is 192 g/mol. The van der Waals surface area contributed by atoms with Crippen LogP contribution >= 0.6 is 0 Å². The first-order valence-electron chi connectivity index (χ1n) is 4.99. The predicted octanol–water partition coefficient (Wildman–Crippen LogP) is 0.827. The lowest BCUT2D eigenvalue weighted by atomic mass is 10.2. The Morgan fingerprint density at radius 2 is 2.20 bits per heavy atom. The number of aryl methyl sites for hydroxylation is 2. The minimum atomic E-state index is -0.119. The fraction of sp³-hybridized carbons (Fsp3) is 0.455. The number of rotatable bonds is 2. The van der Waals surface area contributed by atoms with Gasteiger partial charge in [-0.1, -0.05) is 6.07 Å². The predicted molar refractivity (Wildman–Crippen MR) is 55.8 cm³/mol. The van der Waals surface area contributed by atoms with Crippen LogP contribution < -0.4 is 5.32 Å². The molecule has 1 saturated heterocycles. The van der Waals surface area contributed by atoms with Gasteiger partial charge < -0.3 is 10.1 Å². The highest BCUT2D eigenvalue weighted by atomic mass is 16.5. The van der Waals surface area contributed by atoms with E-state index in [1.807, 2.05) is 19.9 Å². The molecule has 2 rings (SSSR count). The maximum absolute atomic E-state index is 11.7. The summed E-state index contributed by atoms with van der Waals surface area (Å²) in [5.74, 6) is -0.119. The maximum Gasteiger partial charge on any atom is 0.270 e. The summed E-state index contributed by atoms with van der Waals surface area (Å²) in [6, 6.07) is 3.81. The number of pyridine rings is 1. The second kappa shape index (κ2) is 3.98. The molecule has 1 amide bonds. The van der Waals surface area contributed by atoms with Crippen LogP contribution in [0.15, 0.2) is 12.1 Å². The lowest BCUT2D eigenvalue weighted by Crippen LogP contribution is -2.48. The first kappa shape index (κ1) is 10.1. The van der Waals surface area contributed by atoms with Crippen LogP contribution in [-0.4, -0.2) is 30.1 Å². The van der Waals surface area contributed by atoms with Crippen LogP contribution in [0.2, 0.25) is 0 Å². The Labute approximate surface area is 88.7 Å². The van der Waals surface area contributed by atoms with Crippen LogP contribution in [0.3, 0.4) is 0 Å². The van der Waals surface area contributed by atoms with Gasteiger partial charge in [-0.3, -0.25) is 4.79 Å². The number of carbonyl (C=O) groups is 1. The molecule has 0 atom stereocenters. The number of hydrogen-bond donors (Lipinski definition) is 1. The lowest BCUT2D eigenvalue weighted by molar-refractivity contribution is -0.00355. The van der Waals surface area contributed by atoms with Crippen LogP contribution in [0.5, 0.6) is 0 Å². The molecule has 80 valence electrons. The third-order valence-electron chi connectivity index (χ3n) is 2.56. The summed E-state index contributed by atoms with van der Waals surface area (Å²) >= 11 is 0. The average molecular weight is 206 g/mol. The zero-order valence-corrected chi connectivity index (χ0v) is 8.91. The quantitative estimate of drug-likeness (QED) is 0.779. The molecule has 0 unspecified atom stereocenters. The molecule has 1 fully saturated rings. The summed E-state index contributed by atoms with van der Waals surface area (Å²) in [5.41, 5.74) is 2.47. The lowest BCUT2D eigenvalue weighted by Gasteiger charge is -2.26. The van der Waals surface area contributed by atoms with Gasteiger partial charge in [0, 0.05) is 5.69 Å². The van der Waals surface area contributed by atoms with Gasteiger partial charge in [0.1, 0.15) is 5.69 Å². The highest BCUT2D eigenvalue weighted by molar-refractivity contribution is 5.92. The molecule has 0 radical (unpaired) electrons. The Balaban J connectivity index is 2.07. The molecule has 4 heteroatoms. The fourth-order valence-corrected chi connectivity index (χ4v) is 1.34. The van der Waals surface area contributed by atoms with E-state index >= 15 is 0 Å². The van der Waals surface area contributed by atoms with Crippen molar-refractivity contribution in [1.29, 1.82) is 0 Å². The van der Waals surface area contributed by atoms with Gasteiger partial charge in [0.05, 0.1) is 19.3 Å². The molecule has 0 saturated carbocycles. The molecule has 1 N–H and O–H groups in total. The van der Waals surface area contributed by atoms with E-state index in [4.69, 9.17) is 4.74 Å². The number of amides is 1. The molecule has 1 aliphatic rings. The highest BCUT2D eigenvalue weighted by Crippen LogP contribution is 2.06. The SMILES string of the molecule is Cc1ccc(C(=O)NC2COC2)nc1C. The van der Waals surface area contributed by atoms with E-state index < -0.39 is 0 Å². The number of carbonyl (C=O) groups excluding carboxylic acids is 1. The highest BCUT2D eigenvalue weighted by Gasteiger charge is 2.21. The van der Waals surface area contributed by atoms with E-state index in [1.165, 1.54) is 0 Å². The molecule has 1 aliphatic heterocycles. The molecule has 0 aromatic carbocycles. The Hall–Kier alpha value is -1.42. The van der Waals surface area contributed by atoms with Gasteiger partial charge >= 0.3 is 0 Å². The summed E-state index contributed by atoms with van der Waals surface area (Å²) < 4.78 is 4.98. The van der Waals surface area contributed by atoms with Gasteiger partial charge in [0.15, 0.2) is 0 Å². The van der Waals surface area contributed by atoms with E-state index in [2.05, 4.69) is 10.3 Å². The smallest absolute Gasteiger partial charge is 0.270 e. The topological polar surface area (TPSA) is 51.2 Å². The molecule has 0 bridgehead atoms. The molecule has 2 heterocycles. The Bertz CT molecular complexity index is 386. The van der Waals surface area contributed by atoms with Crippen LogP contribution in [0.25, 0.3) is 0 Å². The second-order valence-corrected chi connectivity index (χ2v) is 3.81. The van der Waals surface area contributed by atoms with E-state index in [0.29, 0.717) is 18.9 Å². The van der Waals surface area contributed by atoms with Crippen molar-refractivity contribution < 1.29 is 9.53 Å². The van der Waals surface area contributed by atoms with E-state index in [0.717, 1.165) is 11.3 Å². The van der Waals surface area contributed by atoms with Crippen LogP contribution in [0, 0.1) is 13.8 Å². The molecule has 0 aliphatic carbocycles. The summed E-state index contributed by atoms with van der Waals surface area (Å²) in [6.45, 7) is 5.09. The first-order valence-corrected chi connectivity index (χ1v) is 4.99. The minimum absolute atomic E-state index is 0.119. The van der Waals surface area contributed by atoms with Crippen LogP contribution in [0.4, 0.5) is 0 Å². The summed E-state index contributed by atoms with van der Waals surface area (Å²) in [7, 11) is 0. The van der Waals surface area contributed by atoms with Gasteiger partial charge in [-0.25, -0.2) is 4.98 Å². The van der Waals surface area contributed by atoms with Gasteiger partial charge in [-0.2, -0.15) is 0 Å². The number of nitrogens with one attached hydrogen (secondary N) is 1. The number of aromatic nitrogens is 1. The van der Waals surface area contributed by atoms with Crippen molar-refractivity contribution in [2.24, 2.45) is 0 Å². The molecule has 4 nitrogen and oxygen atoms in total. The van der Waals surface area contributed by atoms with E-state index in [1.54, 1.807) is 6.07 Å². The van der Waals surface area contributed by atoms with Crippen molar-refractivity contribution in [1.82, 2.24) is 10.3 Å². The Morgan fingerprint density at radius 1 is 1.47 bits per heavy atom. The van der Waals surface area contributed by atoms with E-state index in [9.17, 15) is 4.79 Å². The monoisotopic (exact) mass is 206 g/mol. The standard InChI is InChI=1S/C11H14N2O2/c1-7-3-4-10(12-8(7)2)11(14)13-9-5-15-6-9/h3-4,9H,5-6H2,1-2H3,(H,13,14). The second-order valence-electron chi connectivity index (χ2n) is 3.81. The van der Waals surface area contributed by atoms with Crippen molar-refractivity contribution in [3.63, 3.8) is 0 Å². The normalized spacial score (nSPS) is 15.9. The Kier molecular flexibility index (Phi) is 2.68. The van der Waals surface area contributed by atoms with Crippen molar-refractivity contribution in [3.8, 4) is 0 Å². The van der Waals surface area contributed by atoms with Gasteiger partial charge in [-0.05, 0) is 25.5 Å². The number of nitrogens with zero attached hydrogens (tertiary/aromatic N) is 1. The van der Waals surface area contributed by atoms with Gasteiger partial charge in [0.25, 0.3) is 5.91 Å². The third kappa shape index (κ3) is 2.15. The molecule has 15 heavy (non-hydrogen) atoms. The minimum Gasteiger partial charge on any atom is -0.377 e. The first-order chi connectivity index (χ1) is 7.16. The molecule has 1 aromatic heterocycles. The van der Waals surface area contributed by atoms with Crippen molar-refractivity contribution >= 4 is 5.91 Å². The number of ether oxygens (including phenoxy) is 1. The summed E-state index contributed by atoms with van der Waals surface area (Å²) in [4.78, 5) is 15.9. The zero-order chi connectivity index (χ0) is 10.8. The number of hydrogen-bond acceptors (Lipinski definition) is 3. The van der Waals surface area contributed by atoms with Crippen LogP contribution in [0.1, 0.15) is 21.7 Å². The summed E-state index contributed by atoms with van der Waals surface area (Å²) in [5, 5.41) is 2.85. The van der Waals surface area contributed by atoms with Crippen molar-refractivity contribution in [3.05, 3.63) is 29.1 Å². The van der Waals surface area contributed by atoms with Crippen molar-refractivity contribution in [2.75, 3.05) is 13.2 Å². The zero-order valence-electron chi connectivity index (χ0n) is 8.91. The van der Waals surface area contributed by atoms with Crippen LogP contribution in [-0.2, 0) is 4.74 Å². The maximum atomic E-state index is 11.7. The largest absolute Gasteiger partial charge is 0.377 e. The Morgan fingerprint density at radius 3 is 2.73 bits per heavy atom.